The highest BCUT2D eigenvalue weighted by Gasteiger charge is 2.34. The van der Waals surface area contributed by atoms with Gasteiger partial charge >= 0.3 is 6.18 Å². The molecule has 0 aliphatic rings. The average molecular weight is 486 g/mol. The molecule has 0 saturated heterocycles. The summed E-state index contributed by atoms with van der Waals surface area (Å²) < 4.78 is 41.1. The number of aromatic nitrogens is 2. The van der Waals surface area contributed by atoms with Gasteiger partial charge in [-0.1, -0.05) is 30.3 Å². The summed E-state index contributed by atoms with van der Waals surface area (Å²) in [7, 11) is 0. The topological polar surface area (TPSA) is 64.0 Å². The second-order valence-electron chi connectivity index (χ2n) is 8.18. The van der Waals surface area contributed by atoms with Crippen LogP contribution >= 0.6 is 11.3 Å². The summed E-state index contributed by atoms with van der Waals surface area (Å²) >= 11 is 1.38. The number of amides is 1. The molecule has 2 heterocycles. The summed E-state index contributed by atoms with van der Waals surface area (Å²) in [6.07, 6.45) is -3.36. The third kappa shape index (κ3) is 4.23. The highest BCUT2D eigenvalue weighted by molar-refractivity contribution is 7.19. The van der Waals surface area contributed by atoms with Gasteiger partial charge in [-0.25, -0.2) is 4.98 Å². The zero-order valence-corrected chi connectivity index (χ0v) is 19.8. The van der Waals surface area contributed by atoms with Crippen LogP contribution in [0.1, 0.15) is 34.5 Å². The first kappa shape index (κ1) is 23.7. The number of hydrogen-bond donors (Lipinski definition) is 1. The summed E-state index contributed by atoms with van der Waals surface area (Å²) in [5.74, 6) is -0.750. The molecular weight excluding hydrogens is 463 g/mol. The van der Waals surface area contributed by atoms with Crippen LogP contribution in [-0.2, 0) is 11.0 Å². The third-order valence-corrected chi connectivity index (χ3v) is 6.91. The highest BCUT2D eigenvalue weighted by atomic mass is 32.1. The number of hydrogen-bond acceptors (Lipinski definition) is 4. The Bertz CT molecular complexity index is 1470. The van der Waals surface area contributed by atoms with Gasteiger partial charge in [-0.3, -0.25) is 14.2 Å². The van der Waals surface area contributed by atoms with E-state index in [2.05, 4.69) is 10.3 Å². The van der Waals surface area contributed by atoms with Crippen molar-refractivity contribution in [1.29, 1.82) is 0 Å². The van der Waals surface area contributed by atoms with Crippen molar-refractivity contribution in [3.63, 3.8) is 0 Å². The van der Waals surface area contributed by atoms with Crippen LogP contribution in [0, 0.1) is 20.8 Å². The molecule has 34 heavy (non-hydrogen) atoms. The van der Waals surface area contributed by atoms with E-state index in [4.69, 9.17) is 0 Å². The molecule has 0 unspecified atom stereocenters. The molecule has 2 aromatic heterocycles. The number of rotatable bonds is 4. The van der Waals surface area contributed by atoms with Crippen molar-refractivity contribution < 1.29 is 18.0 Å². The van der Waals surface area contributed by atoms with Gasteiger partial charge in [-0.05, 0) is 56.5 Å². The predicted octanol–water partition coefficient (Wildman–Crippen LogP) is 6.27. The number of carbonyl (C=O) groups excluding carboxylic acids is 1. The van der Waals surface area contributed by atoms with Gasteiger partial charge < -0.3 is 5.32 Å². The van der Waals surface area contributed by atoms with Gasteiger partial charge in [0.2, 0.25) is 5.91 Å². The minimum absolute atomic E-state index is 0.365. The van der Waals surface area contributed by atoms with E-state index >= 15 is 0 Å². The number of benzene rings is 2. The minimum Gasteiger partial charge on any atom is -0.324 e. The van der Waals surface area contributed by atoms with Crippen LogP contribution in [0.15, 0.2) is 53.6 Å². The van der Waals surface area contributed by atoms with Crippen LogP contribution in [-0.4, -0.2) is 15.5 Å². The number of para-hydroxylation sites is 1. The van der Waals surface area contributed by atoms with Gasteiger partial charge in [-0.15, -0.1) is 11.3 Å². The Morgan fingerprint density at radius 3 is 2.47 bits per heavy atom. The maximum absolute atomic E-state index is 13.5. The van der Waals surface area contributed by atoms with E-state index in [9.17, 15) is 22.8 Å². The van der Waals surface area contributed by atoms with E-state index < -0.39 is 29.2 Å². The highest BCUT2D eigenvalue weighted by Crippen LogP contribution is 2.37. The lowest BCUT2D eigenvalue weighted by Gasteiger charge is -2.18. The summed E-state index contributed by atoms with van der Waals surface area (Å²) in [6.45, 7) is 7.36. The smallest absolute Gasteiger partial charge is 0.324 e. The van der Waals surface area contributed by atoms with Crippen molar-refractivity contribution in [2.75, 3.05) is 5.32 Å². The lowest BCUT2D eigenvalue weighted by Crippen LogP contribution is -2.32. The second-order valence-corrected chi connectivity index (χ2v) is 9.38. The quantitative estimate of drug-likeness (QED) is 0.371. The number of halogens is 3. The summed E-state index contributed by atoms with van der Waals surface area (Å²) in [4.78, 5) is 32.2. The summed E-state index contributed by atoms with van der Waals surface area (Å²) in [6, 6.07) is 9.57. The number of alkyl halides is 3. The molecule has 0 fully saturated rings. The number of anilines is 1. The van der Waals surface area contributed by atoms with Gasteiger partial charge in [-0.2, -0.15) is 13.2 Å². The molecule has 5 nitrogen and oxygen atoms in total. The van der Waals surface area contributed by atoms with Crippen LogP contribution in [0.3, 0.4) is 0 Å². The number of nitrogens with zero attached hydrogens (tertiary/aromatic N) is 2. The lowest BCUT2D eigenvalue weighted by molar-refractivity contribution is -0.137. The first-order valence-corrected chi connectivity index (χ1v) is 11.4. The Morgan fingerprint density at radius 2 is 1.79 bits per heavy atom. The molecule has 0 radical (unpaired) electrons. The monoisotopic (exact) mass is 485 g/mol. The second kappa shape index (κ2) is 8.72. The van der Waals surface area contributed by atoms with Crippen LogP contribution in [0.25, 0.3) is 21.3 Å². The average Bonchev–Trinajstić information content (AvgIpc) is 3.12. The van der Waals surface area contributed by atoms with Crippen LogP contribution in [0.2, 0.25) is 0 Å². The molecule has 9 heteroatoms. The largest absolute Gasteiger partial charge is 0.418 e. The summed E-state index contributed by atoms with van der Waals surface area (Å²) in [5, 5.41) is 2.70. The zero-order valence-electron chi connectivity index (χ0n) is 18.9. The zero-order chi connectivity index (χ0) is 24.8. The normalized spacial score (nSPS) is 12.7. The fourth-order valence-electron chi connectivity index (χ4n) is 3.84. The molecule has 0 aliphatic carbocycles. The van der Waals surface area contributed by atoms with Gasteiger partial charge in [0.05, 0.1) is 23.0 Å². The Morgan fingerprint density at radius 1 is 1.09 bits per heavy atom. The maximum atomic E-state index is 13.5. The Kier molecular flexibility index (Phi) is 6.07. The predicted molar refractivity (Wildman–Crippen MR) is 128 cm³/mol. The van der Waals surface area contributed by atoms with E-state index in [1.54, 1.807) is 0 Å². The van der Waals surface area contributed by atoms with Crippen molar-refractivity contribution in [3.05, 3.63) is 80.7 Å². The van der Waals surface area contributed by atoms with Crippen molar-refractivity contribution in [2.24, 2.45) is 0 Å². The molecule has 176 valence electrons. The Labute approximate surface area is 197 Å². The van der Waals surface area contributed by atoms with Crippen LogP contribution in [0.4, 0.5) is 18.9 Å². The van der Waals surface area contributed by atoms with Gasteiger partial charge in [0.1, 0.15) is 10.9 Å². The molecule has 1 N–H and O–H groups in total. The number of fused-ring (bicyclic) bond motifs is 1. The van der Waals surface area contributed by atoms with E-state index in [0.717, 1.165) is 37.8 Å². The molecule has 0 aliphatic heterocycles. The molecule has 2 aromatic carbocycles. The fraction of sp³-hybridized carbons (Fsp3) is 0.240. The maximum Gasteiger partial charge on any atom is 0.418 e. The molecule has 4 rings (SSSR count). The molecule has 1 atom stereocenters. The van der Waals surface area contributed by atoms with Gasteiger partial charge in [0.25, 0.3) is 5.56 Å². The van der Waals surface area contributed by atoms with E-state index in [1.807, 2.05) is 39.0 Å². The molecular formula is C25H22F3N3O2S. The van der Waals surface area contributed by atoms with Crippen LogP contribution < -0.4 is 10.9 Å². The minimum atomic E-state index is -4.63. The first-order chi connectivity index (χ1) is 16.0. The van der Waals surface area contributed by atoms with Crippen LogP contribution in [0.5, 0.6) is 0 Å². The van der Waals surface area contributed by atoms with Crippen molar-refractivity contribution in [1.82, 2.24) is 9.55 Å². The number of nitrogens with one attached hydrogen (secondary N) is 1. The lowest BCUT2D eigenvalue weighted by atomic mass is 9.99. The molecule has 1 amide bonds. The Hall–Kier alpha value is -3.46. The molecule has 0 spiro atoms. The molecule has 0 saturated carbocycles. The van der Waals surface area contributed by atoms with E-state index in [0.29, 0.717) is 10.2 Å². The third-order valence-electron chi connectivity index (χ3n) is 5.90. The molecule has 4 aromatic rings. The SMILES string of the molecule is Cc1ccc(-c2c(C)sc3ncn([C@H](C)C(=O)Nc4ccccc4C(F)(F)F)c(=O)c23)cc1C. The first-order valence-electron chi connectivity index (χ1n) is 10.5. The van der Waals surface area contributed by atoms with Gasteiger partial charge in [0, 0.05) is 10.4 Å². The van der Waals surface area contributed by atoms with Crippen molar-refractivity contribution >= 4 is 33.1 Å². The standard InChI is InChI=1S/C25H22F3N3O2S/c1-13-9-10-17(11-14(13)2)20-16(4)34-23-21(20)24(33)31(12-29-23)15(3)22(32)30-19-8-6-5-7-18(19)25(26,27)28/h5-12,15H,1-4H3,(H,30,32)/t15-/m1/s1. The molecule has 0 bridgehead atoms. The fourth-order valence-corrected chi connectivity index (χ4v) is 4.84. The number of aryl methyl sites for hydroxylation is 3. The summed E-state index contributed by atoms with van der Waals surface area (Å²) in [5.41, 5.74) is 2.09. The number of thiophene rings is 1. The number of carbonyl (C=O) groups is 1. The van der Waals surface area contributed by atoms with E-state index in [1.165, 1.54) is 42.8 Å². The Balaban J connectivity index is 1.76. The van der Waals surface area contributed by atoms with Crippen molar-refractivity contribution in [2.45, 2.75) is 39.9 Å². The van der Waals surface area contributed by atoms with Gasteiger partial charge in [0.15, 0.2) is 0 Å². The van der Waals surface area contributed by atoms with E-state index in [-0.39, 0.29) is 5.69 Å². The van der Waals surface area contributed by atoms with Crippen molar-refractivity contribution in [3.8, 4) is 11.1 Å².